The summed E-state index contributed by atoms with van der Waals surface area (Å²) in [6.07, 6.45) is 3.06. The zero-order chi connectivity index (χ0) is 22.8. The van der Waals surface area contributed by atoms with E-state index < -0.39 is 12.3 Å². The van der Waals surface area contributed by atoms with Gasteiger partial charge in [-0.2, -0.15) is 0 Å². The maximum absolute atomic E-state index is 11.5. The molecule has 7 nitrogen and oxygen atoms in total. The van der Waals surface area contributed by atoms with Crippen molar-refractivity contribution in [3.8, 4) is 5.75 Å². The SMILES string of the molecule is COC(=O)COc1ccccc1N1CC2(CCC(c3ccccc3)(N(C)C)CC2)NC1O. The van der Waals surface area contributed by atoms with E-state index in [0.29, 0.717) is 12.3 Å². The molecule has 1 aliphatic heterocycles. The van der Waals surface area contributed by atoms with Gasteiger partial charge in [-0.15, -0.1) is 0 Å². The van der Waals surface area contributed by atoms with E-state index in [2.05, 4.69) is 59.4 Å². The molecule has 2 aromatic rings. The van der Waals surface area contributed by atoms with E-state index in [1.807, 2.05) is 29.2 Å². The van der Waals surface area contributed by atoms with Gasteiger partial charge in [0.05, 0.1) is 12.8 Å². The van der Waals surface area contributed by atoms with Gasteiger partial charge < -0.3 is 19.5 Å². The van der Waals surface area contributed by atoms with E-state index in [1.54, 1.807) is 0 Å². The lowest BCUT2D eigenvalue weighted by Crippen LogP contribution is -2.54. The summed E-state index contributed by atoms with van der Waals surface area (Å²) in [5, 5.41) is 14.4. The highest BCUT2D eigenvalue weighted by atomic mass is 16.6. The molecule has 172 valence electrons. The summed E-state index contributed by atoms with van der Waals surface area (Å²) in [5.74, 6) is 0.114. The van der Waals surface area contributed by atoms with Gasteiger partial charge in [0, 0.05) is 17.6 Å². The van der Waals surface area contributed by atoms with Crippen LogP contribution in [-0.2, 0) is 15.1 Å². The predicted molar refractivity (Wildman–Crippen MR) is 123 cm³/mol. The Balaban J connectivity index is 1.52. The summed E-state index contributed by atoms with van der Waals surface area (Å²) >= 11 is 0. The van der Waals surface area contributed by atoms with Gasteiger partial charge in [0.1, 0.15) is 5.75 Å². The van der Waals surface area contributed by atoms with Gasteiger partial charge in [0.15, 0.2) is 13.0 Å². The quantitative estimate of drug-likeness (QED) is 0.671. The van der Waals surface area contributed by atoms with Crippen molar-refractivity contribution in [2.24, 2.45) is 0 Å². The number of ether oxygens (including phenoxy) is 2. The smallest absolute Gasteiger partial charge is 0.343 e. The highest BCUT2D eigenvalue weighted by Crippen LogP contribution is 2.47. The third kappa shape index (κ3) is 4.20. The van der Waals surface area contributed by atoms with Crippen molar-refractivity contribution in [1.82, 2.24) is 10.2 Å². The average Bonchev–Trinajstić information content (AvgIpc) is 3.14. The number of aliphatic hydroxyl groups is 1. The topological polar surface area (TPSA) is 74.3 Å². The molecule has 1 unspecified atom stereocenters. The molecule has 1 heterocycles. The van der Waals surface area contributed by atoms with Gasteiger partial charge >= 0.3 is 5.97 Å². The molecular weight excluding hydrogens is 406 g/mol. The second-order valence-electron chi connectivity index (χ2n) is 9.05. The first-order valence-electron chi connectivity index (χ1n) is 11.1. The minimum atomic E-state index is -0.818. The number of para-hydroxylation sites is 2. The van der Waals surface area contributed by atoms with Crippen LogP contribution in [0.2, 0.25) is 0 Å². The number of benzene rings is 2. The molecule has 1 saturated carbocycles. The lowest BCUT2D eigenvalue weighted by atomic mass is 9.69. The summed E-state index contributed by atoms with van der Waals surface area (Å²) in [7, 11) is 5.65. The molecule has 0 aromatic heterocycles. The summed E-state index contributed by atoms with van der Waals surface area (Å²) in [4.78, 5) is 15.8. The summed E-state index contributed by atoms with van der Waals surface area (Å²) in [6, 6.07) is 18.2. The van der Waals surface area contributed by atoms with Gasteiger partial charge in [-0.05, 0) is 57.5 Å². The molecule has 1 spiro atoms. The van der Waals surface area contributed by atoms with Gasteiger partial charge in [-0.3, -0.25) is 10.2 Å². The fourth-order valence-electron chi connectivity index (χ4n) is 5.23. The number of carbonyl (C=O) groups excluding carboxylic acids is 1. The maximum Gasteiger partial charge on any atom is 0.343 e. The minimum absolute atomic E-state index is 0.00586. The lowest BCUT2D eigenvalue weighted by molar-refractivity contribution is -0.142. The third-order valence-electron chi connectivity index (χ3n) is 7.15. The number of nitrogens with one attached hydrogen (secondary N) is 1. The van der Waals surface area contributed by atoms with Crippen LogP contribution in [0.5, 0.6) is 5.75 Å². The van der Waals surface area contributed by atoms with Crippen molar-refractivity contribution in [3.05, 3.63) is 60.2 Å². The molecule has 2 aromatic carbocycles. The van der Waals surface area contributed by atoms with E-state index >= 15 is 0 Å². The highest BCUT2D eigenvalue weighted by Gasteiger charge is 2.50. The van der Waals surface area contributed by atoms with Gasteiger partial charge in [0.25, 0.3) is 0 Å². The van der Waals surface area contributed by atoms with E-state index in [4.69, 9.17) is 4.74 Å². The van der Waals surface area contributed by atoms with Crippen molar-refractivity contribution < 1.29 is 19.4 Å². The summed E-state index contributed by atoms with van der Waals surface area (Å²) in [5.41, 5.74) is 1.93. The number of rotatable bonds is 6. The Labute approximate surface area is 189 Å². The predicted octanol–water partition coefficient (Wildman–Crippen LogP) is 2.69. The fraction of sp³-hybridized carbons (Fsp3) is 0.480. The molecule has 1 saturated heterocycles. The van der Waals surface area contributed by atoms with Crippen LogP contribution < -0.4 is 15.0 Å². The first-order chi connectivity index (χ1) is 15.4. The van der Waals surface area contributed by atoms with E-state index in [9.17, 15) is 9.90 Å². The molecule has 2 aliphatic rings. The van der Waals surface area contributed by atoms with E-state index in [0.717, 1.165) is 31.4 Å². The van der Waals surface area contributed by atoms with E-state index in [1.165, 1.54) is 12.7 Å². The number of anilines is 1. The molecule has 0 radical (unpaired) electrons. The number of aliphatic hydroxyl groups excluding tert-OH is 1. The maximum atomic E-state index is 11.5. The number of hydrogen-bond donors (Lipinski definition) is 2. The molecule has 7 heteroatoms. The molecule has 4 rings (SSSR count). The lowest BCUT2D eigenvalue weighted by Gasteiger charge is -2.49. The minimum Gasteiger partial charge on any atom is -0.480 e. The molecule has 2 fully saturated rings. The van der Waals surface area contributed by atoms with Crippen molar-refractivity contribution in [1.29, 1.82) is 0 Å². The van der Waals surface area contributed by atoms with E-state index in [-0.39, 0.29) is 17.7 Å². The Bertz CT molecular complexity index is 926. The average molecular weight is 440 g/mol. The number of hydrogen-bond acceptors (Lipinski definition) is 7. The fourth-order valence-corrected chi connectivity index (χ4v) is 5.23. The van der Waals surface area contributed by atoms with Gasteiger partial charge in [-0.25, -0.2) is 4.79 Å². The second kappa shape index (κ2) is 9.10. The Hall–Kier alpha value is -2.61. The molecule has 0 amide bonds. The Morgan fingerprint density at radius 2 is 1.75 bits per heavy atom. The number of carbonyl (C=O) groups is 1. The molecular formula is C25H33N3O4. The summed E-state index contributed by atoms with van der Waals surface area (Å²) in [6.45, 7) is 0.503. The summed E-state index contributed by atoms with van der Waals surface area (Å²) < 4.78 is 10.4. The molecule has 0 bridgehead atoms. The van der Waals surface area contributed by atoms with Crippen LogP contribution in [0, 0.1) is 0 Å². The van der Waals surface area contributed by atoms with Gasteiger partial charge in [0.2, 0.25) is 0 Å². The van der Waals surface area contributed by atoms with Crippen molar-refractivity contribution in [2.45, 2.75) is 43.1 Å². The first-order valence-corrected chi connectivity index (χ1v) is 11.1. The zero-order valence-corrected chi connectivity index (χ0v) is 19.1. The number of nitrogens with zero attached hydrogens (tertiary/aromatic N) is 2. The van der Waals surface area contributed by atoms with Crippen LogP contribution in [0.15, 0.2) is 54.6 Å². The number of methoxy groups -OCH3 is 1. The second-order valence-corrected chi connectivity index (χ2v) is 9.05. The van der Waals surface area contributed by atoms with Crippen LogP contribution in [0.3, 0.4) is 0 Å². The Morgan fingerprint density at radius 1 is 1.09 bits per heavy atom. The van der Waals surface area contributed by atoms with Crippen LogP contribution >= 0.6 is 0 Å². The highest BCUT2D eigenvalue weighted by molar-refractivity contribution is 5.71. The van der Waals surface area contributed by atoms with Crippen molar-refractivity contribution >= 4 is 11.7 Å². The molecule has 1 atom stereocenters. The number of esters is 1. The standard InChI is InChI=1S/C25H33N3O4/c1-27(2)25(19-9-5-4-6-10-19)15-13-24(14-16-25)18-28(23(30)26-24)20-11-7-8-12-21(20)32-17-22(29)31-3/h4-12,23,26,30H,13-18H2,1-3H3. The van der Waals surface area contributed by atoms with Crippen LogP contribution in [0.25, 0.3) is 0 Å². The largest absolute Gasteiger partial charge is 0.480 e. The van der Waals surface area contributed by atoms with Crippen molar-refractivity contribution in [3.63, 3.8) is 0 Å². The Kier molecular flexibility index (Phi) is 6.42. The Morgan fingerprint density at radius 3 is 2.41 bits per heavy atom. The molecule has 2 N–H and O–H groups in total. The first kappa shape index (κ1) is 22.6. The van der Waals surface area contributed by atoms with Crippen LogP contribution in [0.1, 0.15) is 31.2 Å². The van der Waals surface area contributed by atoms with Gasteiger partial charge in [-0.1, -0.05) is 42.5 Å². The zero-order valence-electron chi connectivity index (χ0n) is 19.1. The molecule has 32 heavy (non-hydrogen) atoms. The molecule has 1 aliphatic carbocycles. The van der Waals surface area contributed by atoms with Crippen molar-refractivity contribution in [2.75, 3.05) is 39.3 Å². The van der Waals surface area contributed by atoms with Crippen LogP contribution in [0.4, 0.5) is 5.69 Å². The van der Waals surface area contributed by atoms with Crippen LogP contribution in [-0.4, -0.2) is 62.2 Å². The normalized spacial score (nSPS) is 27.7. The third-order valence-corrected chi connectivity index (χ3v) is 7.15. The monoisotopic (exact) mass is 439 g/mol.